The lowest BCUT2D eigenvalue weighted by Crippen LogP contribution is -2.05. The normalized spacial score (nSPS) is 14.2. The second-order valence-electron chi connectivity index (χ2n) is 4.47. The molecule has 0 radical (unpaired) electrons. The SMILES string of the molecule is Clc1cc(Cl)cc(Nc2nccc(NC3CC3)n2)c1. The molecular formula is C13H12Cl2N4. The third-order valence-corrected chi connectivity index (χ3v) is 3.14. The molecule has 0 atom stereocenters. The lowest BCUT2D eigenvalue weighted by Gasteiger charge is -2.08. The molecule has 1 aromatic carbocycles. The first-order valence-electron chi connectivity index (χ1n) is 6.02. The minimum atomic E-state index is 0.518. The van der Waals surface area contributed by atoms with E-state index in [1.807, 2.05) is 6.07 Å². The molecule has 0 spiro atoms. The molecule has 1 aliphatic rings. The van der Waals surface area contributed by atoms with E-state index in [0.29, 0.717) is 22.0 Å². The molecule has 1 heterocycles. The van der Waals surface area contributed by atoms with Crippen LogP contribution in [0.25, 0.3) is 0 Å². The average molecular weight is 295 g/mol. The van der Waals surface area contributed by atoms with Crippen LogP contribution < -0.4 is 10.6 Å². The molecule has 3 rings (SSSR count). The van der Waals surface area contributed by atoms with Gasteiger partial charge in [-0.05, 0) is 37.1 Å². The molecule has 1 fully saturated rings. The Morgan fingerprint density at radius 1 is 1.11 bits per heavy atom. The van der Waals surface area contributed by atoms with Crippen molar-refractivity contribution in [2.24, 2.45) is 0 Å². The zero-order valence-corrected chi connectivity index (χ0v) is 11.5. The monoisotopic (exact) mass is 294 g/mol. The average Bonchev–Trinajstić information content (AvgIpc) is 3.12. The van der Waals surface area contributed by atoms with Gasteiger partial charge in [0.05, 0.1) is 0 Å². The Labute approximate surface area is 121 Å². The summed E-state index contributed by atoms with van der Waals surface area (Å²) in [6.07, 6.45) is 4.12. The molecule has 1 aliphatic carbocycles. The van der Waals surface area contributed by atoms with Crippen molar-refractivity contribution in [2.75, 3.05) is 10.6 Å². The molecule has 0 bridgehead atoms. The summed E-state index contributed by atoms with van der Waals surface area (Å²) in [5.74, 6) is 1.34. The molecular weight excluding hydrogens is 283 g/mol. The van der Waals surface area contributed by atoms with Crippen LogP contribution >= 0.6 is 23.2 Å². The van der Waals surface area contributed by atoms with E-state index in [2.05, 4.69) is 20.6 Å². The maximum Gasteiger partial charge on any atom is 0.229 e. The summed E-state index contributed by atoms with van der Waals surface area (Å²) < 4.78 is 0. The van der Waals surface area contributed by atoms with Gasteiger partial charge in [0, 0.05) is 28.0 Å². The molecule has 2 N–H and O–H groups in total. The van der Waals surface area contributed by atoms with Crippen LogP contribution in [0.5, 0.6) is 0 Å². The van der Waals surface area contributed by atoms with Gasteiger partial charge in [0.1, 0.15) is 5.82 Å². The van der Waals surface area contributed by atoms with E-state index < -0.39 is 0 Å². The molecule has 0 unspecified atom stereocenters. The van der Waals surface area contributed by atoms with E-state index in [-0.39, 0.29) is 0 Å². The van der Waals surface area contributed by atoms with Crippen molar-refractivity contribution in [1.82, 2.24) is 9.97 Å². The first kappa shape index (κ1) is 12.5. The van der Waals surface area contributed by atoms with Gasteiger partial charge in [-0.1, -0.05) is 23.2 Å². The van der Waals surface area contributed by atoms with Crippen LogP contribution in [0.2, 0.25) is 10.0 Å². The van der Waals surface area contributed by atoms with Crippen LogP contribution in [0.3, 0.4) is 0 Å². The minimum absolute atomic E-state index is 0.518. The first-order chi connectivity index (χ1) is 9.19. The van der Waals surface area contributed by atoms with E-state index >= 15 is 0 Å². The number of aromatic nitrogens is 2. The van der Waals surface area contributed by atoms with Gasteiger partial charge in [-0.3, -0.25) is 0 Å². The second-order valence-corrected chi connectivity index (χ2v) is 5.34. The number of nitrogens with one attached hydrogen (secondary N) is 2. The summed E-state index contributed by atoms with van der Waals surface area (Å²) in [6.45, 7) is 0. The predicted molar refractivity (Wildman–Crippen MR) is 78.4 cm³/mol. The lowest BCUT2D eigenvalue weighted by atomic mass is 10.3. The Morgan fingerprint density at radius 2 is 1.84 bits per heavy atom. The highest BCUT2D eigenvalue weighted by Gasteiger charge is 2.21. The molecule has 6 heteroatoms. The van der Waals surface area contributed by atoms with Crippen molar-refractivity contribution >= 4 is 40.7 Å². The summed E-state index contributed by atoms with van der Waals surface area (Å²) >= 11 is 11.9. The molecule has 0 amide bonds. The van der Waals surface area contributed by atoms with Crippen molar-refractivity contribution < 1.29 is 0 Å². The van der Waals surface area contributed by atoms with E-state index in [0.717, 1.165) is 11.5 Å². The van der Waals surface area contributed by atoms with Gasteiger partial charge in [0.2, 0.25) is 5.95 Å². The molecule has 2 aromatic rings. The predicted octanol–water partition coefficient (Wildman–Crippen LogP) is 4.10. The second kappa shape index (κ2) is 5.23. The molecule has 0 aliphatic heterocycles. The Bertz CT molecular complexity index is 579. The highest BCUT2D eigenvalue weighted by atomic mass is 35.5. The summed E-state index contributed by atoms with van der Waals surface area (Å²) in [6, 6.07) is 7.65. The summed E-state index contributed by atoms with van der Waals surface area (Å²) in [4.78, 5) is 8.56. The van der Waals surface area contributed by atoms with Gasteiger partial charge < -0.3 is 10.6 Å². The number of hydrogen-bond acceptors (Lipinski definition) is 4. The van der Waals surface area contributed by atoms with Gasteiger partial charge in [-0.25, -0.2) is 4.98 Å². The number of nitrogens with zero attached hydrogens (tertiary/aromatic N) is 2. The number of halogens is 2. The maximum atomic E-state index is 5.95. The van der Waals surface area contributed by atoms with Gasteiger partial charge >= 0.3 is 0 Å². The highest BCUT2D eigenvalue weighted by Crippen LogP contribution is 2.26. The number of benzene rings is 1. The quantitative estimate of drug-likeness (QED) is 0.891. The zero-order chi connectivity index (χ0) is 13.2. The lowest BCUT2D eigenvalue weighted by molar-refractivity contribution is 1.08. The first-order valence-corrected chi connectivity index (χ1v) is 6.77. The molecule has 4 nitrogen and oxygen atoms in total. The van der Waals surface area contributed by atoms with E-state index in [1.54, 1.807) is 24.4 Å². The number of anilines is 3. The molecule has 19 heavy (non-hydrogen) atoms. The Balaban J connectivity index is 1.77. The summed E-state index contributed by atoms with van der Waals surface area (Å²) in [7, 11) is 0. The fourth-order valence-corrected chi connectivity index (χ4v) is 2.22. The van der Waals surface area contributed by atoms with Crippen molar-refractivity contribution in [3.05, 3.63) is 40.5 Å². The third-order valence-electron chi connectivity index (χ3n) is 2.70. The maximum absolute atomic E-state index is 5.95. The summed E-state index contributed by atoms with van der Waals surface area (Å²) in [5.41, 5.74) is 0.765. The third kappa shape index (κ3) is 3.49. The fourth-order valence-electron chi connectivity index (χ4n) is 1.69. The fraction of sp³-hybridized carbons (Fsp3) is 0.231. The Morgan fingerprint density at radius 3 is 2.53 bits per heavy atom. The van der Waals surface area contributed by atoms with Crippen LogP contribution in [0, 0.1) is 0 Å². The van der Waals surface area contributed by atoms with Crippen LogP contribution in [-0.2, 0) is 0 Å². The van der Waals surface area contributed by atoms with Crippen molar-refractivity contribution in [3.8, 4) is 0 Å². The van der Waals surface area contributed by atoms with Crippen LogP contribution in [0.15, 0.2) is 30.5 Å². The highest BCUT2D eigenvalue weighted by molar-refractivity contribution is 6.35. The minimum Gasteiger partial charge on any atom is -0.367 e. The molecule has 98 valence electrons. The van der Waals surface area contributed by atoms with E-state index in [4.69, 9.17) is 23.2 Å². The van der Waals surface area contributed by atoms with Crippen LogP contribution in [0.1, 0.15) is 12.8 Å². The Kier molecular flexibility index (Phi) is 3.44. The number of rotatable bonds is 4. The van der Waals surface area contributed by atoms with Crippen molar-refractivity contribution in [3.63, 3.8) is 0 Å². The molecule has 1 aromatic heterocycles. The van der Waals surface area contributed by atoms with Crippen LogP contribution in [-0.4, -0.2) is 16.0 Å². The Hall–Kier alpha value is -1.52. The zero-order valence-electron chi connectivity index (χ0n) is 10.0. The van der Waals surface area contributed by atoms with E-state index in [9.17, 15) is 0 Å². The van der Waals surface area contributed by atoms with Gasteiger partial charge in [-0.2, -0.15) is 4.98 Å². The van der Waals surface area contributed by atoms with Gasteiger partial charge in [0.15, 0.2) is 0 Å². The van der Waals surface area contributed by atoms with Gasteiger partial charge in [-0.15, -0.1) is 0 Å². The largest absolute Gasteiger partial charge is 0.367 e. The summed E-state index contributed by atoms with van der Waals surface area (Å²) in [5, 5.41) is 7.55. The van der Waals surface area contributed by atoms with Crippen molar-refractivity contribution in [2.45, 2.75) is 18.9 Å². The smallest absolute Gasteiger partial charge is 0.229 e. The topological polar surface area (TPSA) is 49.8 Å². The van der Waals surface area contributed by atoms with Crippen molar-refractivity contribution in [1.29, 1.82) is 0 Å². The van der Waals surface area contributed by atoms with Gasteiger partial charge in [0.25, 0.3) is 0 Å². The van der Waals surface area contributed by atoms with Crippen LogP contribution in [0.4, 0.5) is 17.5 Å². The standard InChI is InChI=1S/C13H12Cl2N4/c14-8-5-9(15)7-11(6-8)18-13-16-4-3-12(19-13)17-10-1-2-10/h3-7,10H,1-2H2,(H2,16,17,18,19). The molecule has 1 saturated carbocycles. The van der Waals surface area contributed by atoms with E-state index in [1.165, 1.54) is 12.8 Å². The molecule has 0 saturated heterocycles. The number of hydrogen-bond donors (Lipinski definition) is 2.